The lowest BCUT2D eigenvalue weighted by atomic mass is 10.0. The van der Waals surface area contributed by atoms with Gasteiger partial charge in [0.1, 0.15) is 6.54 Å². The highest BCUT2D eigenvalue weighted by Gasteiger charge is 2.22. The molecule has 0 aliphatic heterocycles. The molecule has 0 saturated carbocycles. The second kappa shape index (κ2) is 7.00. The quantitative estimate of drug-likeness (QED) is 0.620. The summed E-state index contributed by atoms with van der Waals surface area (Å²) in [6.45, 7) is 7.27. The Morgan fingerprint density at radius 3 is 2.44 bits per heavy atom. The first-order valence-corrected chi connectivity index (χ1v) is 5.25. The maximum Gasteiger partial charge on any atom is 0.323 e. The predicted molar refractivity (Wildman–Crippen MR) is 61.8 cm³/mol. The Labute approximate surface area is 95.9 Å². The van der Waals surface area contributed by atoms with Crippen molar-refractivity contribution in [1.29, 1.82) is 0 Å². The molecule has 0 radical (unpaired) electrons. The monoisotopic (exact) mass is 228 g/mol. The van der Waals surface area contributed by atoms with E-state index >= 15 is 0 Å². The van der Waals surface area contributed by atoms with Gasteiger partial charge < -0.3 is 15.7 Å². The Morgan fingerprint density at radius 2 is 2.06 bits per heavy atom. The summed E-state index contributed by atoms with van der Waals surface area (Å²) in [6.07, 6.45) is 2.04. The van der Waals surface area contributed by atoms with Crippen LogP contribution in [0.1, 0.15) is 20.3 Å². The van der Waals surface area contributed by atoms with E-state index in [0.717, 1.165) is 0 Å². The third-order valence-electron chi connectivity index (χ3n) is 2.03. The molecular formula is C11H20N2O3. The topological polar surface area (TPSA) is 83.6 Å². The minimum atomic E-state index is -1.05. The highest BCUT2D eigenvalue weighted by atomic mass is 16.4. The number of carboxylic acids is 1. The van der Waals surface area contributed by atoms with Gasteiger partial charge in [-0.2, -0.15) is 0 Å². The van der Waals surface area contributed by atoms with Gasteiger partial charge in [0.2, 0.25) is 5.91 Å². The number of carbonyl (C=O) groups excluding carboxylic acids is 1. The fraction of sp³-hybridized carbons (Fsp3) is 0.636. The zero-order valence-corrected chi connectivity index (χ0v) is 9.85. The molecule has 0 fully saturated rings. The number of rotatable bonds is 7. The molecule has 1 unspecified atom stereocenters. The van der Waals surface area contributed by atoms with Gasteiger partial charge in [-0.3, -0.25) is 9.59 Å². The molecule has 5 heteroatoms. The van der Waals surface area contributed by atoms with Gasteiger partial charge in [0.05, 0.1) is 6.04 Å². The third-order valence-corrected chi connectivity index (χ3v) is 2.03. The molecule has 0 spiro atoms. The van der Waals surface area contributed by atoms with Crippen molar-refractivity contribution >= 4 is 11.9 Å². The van der Waals surface area contributed by atoms with Crippen molar-refractivity contribution < 1.29 is 14.7 Å². The van der Waals surface area contributed by atoms with Crippen LogP contribution in [0.2, 0.25) is 0 Å². The Morgan fingerprint density at radius 1 is 1.50 bits per heavy atom. The summed E-state index contributed by atoms with van der Waals surface area (Å²) in [4.78, 5) is 23.6. The maximum atomic E-state index is 11.8. The molecule has 0 heterocycles. The third kappa shape index (κ3) is 5.50. The van der Waals surface area contributed by atoms with Crippen molar-refractivity contribution in [2.75, 3.05) is 13.1 Å². The van der Waals surface area contributed by atoms with Crippen molar-refractivity contribution in [3.63, 3.8) is 0 Å². The van der Waals surface area contributed by atoms with Crippen molar-refractivity contribution in [3.05, 3.63) is 12.7 Å². The number of hydrogen-bond acceptors (Lipinski definition) is 3. The summed E-state index contributed by atoms with van der Waals surface area (Å²) in [5.41, 5.74) is 5.71. The number of aliphatic carboxylic acids is 1. The zero-order valence-electron chi connectivity index (χ0n) is 9.85. The summed E-state index contributed by atoms with van der Waals surface area (Å²) in [5, 5.41) is 8.65. The van der Waals surface area contributed by atoms with Crippen LogP contribution in [0, 0.1) is 5.92 Å². The Hall–Kier alpha value is -1.36. The number of carboxylic acid groups (broad SMARTS) is 1. The summed E-state index contributed by atoms with van der Waals surface area (Å²) in [5.74, 6) is -1.09. The second-order valence-electron chi connectivity index (χ2n) is 4.14. The summed E-state index contributed by atoms with van der Waals surface area (Å²) in [6, 6.07) is -0.640. The Kier molecular flexibility index (Phi) is 6.41. The zero-order chi connectivity index (χ0) is 12.7. The molecule has 0 aromatic rings. The highest BCUT2D eigenvalue weighted by molar-refractivity contribution is 5.85. The fourth-order valence-corrected chi connectivity index (χ4v) is 1.39. The van der Waals surface area contributed by atoms with E-state index in [1.54, 1.807) is 0 Å². The minimum absolute atomic E-state index is 0.205. The molecule has 5 nitrogen and oxygen atoms in total. The van der Waals surface area contributed by atoms with Crippen molar-refractivity contribution in [2.24, 2.45) is 11.7 Å². The van der Waals surface area contributed by atoms with Crippen molar-refractivity contribution in [3.8, 4) is 0 Å². The fourth-order valence-electron chi connectivity index (χ4n) is 1.39. The van der Waals surface area contributed by atoms with E-state index in [1.165, 1.54) is 11.0 Å². The van der Waals surface area contributed by atoms with Crippen LogP contribution in [0.4, 0.5) is 0 Å². The minimum Gasteiger partial charge on any atom is -0.480 e. The Balaban J connectivity index is 4.46. The SMILES string of the molecule is C=CCN(CC(=O)O)C(=O)C(N)CC(C)C. The van der Waals surface area contributed by atoms with Gasteiger partial charge in [-0.25, -0.2) is 0 Å². The number of nitrogens with two attached hydrogens (primary N) is 1. The van der Waals surface area contributed by atoms with Crippen LogP contribution < -0.4 is 5.73 Å². The highest BCUT2D eigenvalue weighted by Crippen LogP contribution is 2.06. The predicted octanol–water partition coefficient (Wildman–Crippen LogP) is 0.459. The van der Waals surface area contributed by atoms with E-state index < -0.39 is 12.0 Å². The summed E-state index contributed by atoms with van der Waals surface area (Å²) >= 11 is 0. The second-order valence-corrected chi connectivity index (χ2v) is 4.14. The average molecular weight is 228 g/mol. The van der Waals surface area contributed by atoms with E-state index in [1.807, 2.05) is 13.8 Å². The first kappa shape index (κ1) is 14.6. The molecule has 0 aliphatic carbocycles. The summed E-state index contributed by atoms with van der Waals surface area (Å²) < 4.78 is 0. The Bertz CT molecular complexity index is 264. The van der Waals surface area contributed by atoms with Gasteiger partial charge in [0, 0.05) is 6.54 Å². The van der Waals surface area contributed by atoms with E-state index in [4.69, 9.17) is 10.8 Å². The lowest BCUT2D eigenvalue weighted by Crippen LogP contribution is -2.46. The van der Waals surface area contributed by atoms with Crippen LogP contribution in [0.3, 0.4) is 0 Å². The standard InChI is InChI=1S/C11H20N2O3/c1-4-5-13(7-10(14)15)11(16)9(12)6-8(2)3/h4,8-9H,1,5-7,12H2,2-3H3,(H,14,15). The number of amides is 1. The molecule has 0 aliphatic rings. The van der Waals surface area contributed by atoms with Crippen LogP contribution in [0.5, 0.6) is 0 Å². The molecule has 0 bridgehead atoms. The van der Waals surface area contributed by atoms with Gasteiger partial charge in [-0.15, -0.1) is 6.58 Å². The molecule has 1 amide bonds. The van der Waals surface area contributed by atoms with Gasteiger partial charge in [-0.1, -0.05) is 19.9 Å². The number of nitrogens with zero attached hydrogens (tertiary/aromatic N) is 1. The molecule has 3 N–H and O–H groups in total. The molecule has 0 saturated heterocycles. The smallest absolute Gasteiger partial charge is 0.323 e. The van der Waals surface area contributed by atoms with Crippen molar-refractivity contribution in [2.45, 2.75) is 26.3 Å². The normalized spacial score (nSPS) is 12.2. The van der Waals surface area contributed by atoms with Gasteiger partial charge in [0.25, 0.3) is 0 Å². The largest absolute Gasteiger partial charge is 0.480 e. The van der Waals surface area contributed by atoms with E-state index in [0.29, 0.717) is 12.3 Å². The van der Waals surface area contributed by atoms with Gasteiger partial charge in [0.15, 0.2) is 0 Å². The average Bonchev–Trinajstić information content (AvgIpc) is 2.14. The van der Waals surface area contributed by atoms with Crippen LogP contribution in [-0.2, 0) is 9.59 Å². The van der Waals surface area contributed by atoms with Crippen LogP contribution in [0.25, 0.3) is 0 Å². The molecule has 16 heavy (non-hydrogen) atoms. The lowest BCUT2D eigenvalue weighted by molar-refractivity contribution is -0.144. The number of hydrogen-bond donors (Lipinski definition) is 2. The maximum absolute atomic E-state index is 11.8. The van der Waals surface area contributed by atoms with Gasteiger partial charge in [-0.05, 0) is 12.3 Å². The molecule has 0 aromatic carbocycles. The first-order chi connectivity index (χ1) is 7.38. The molecule has 92 valence electrons. The van der Waals surface area contributed by atoms with Crippen molar-refractivity contribution in [1.82, 2.24) is 4.90 Å². The van der Waals surface area contributed by atoms with E-state index in [2.05, 4.69) is 6.58 Å². The van der Waals surface area contributed by atoms with Crippen LogP contribution >= 0.6 is 0 Å². The first-order valence-electron chi connectivity index (χ1n) is 5.25. The van der Waals surface area contributed by atoms with E-state index in [-0.39, 0.29) is 19.0 Å². The molecule has 0 rings (SSSR count). The molecule has 0 aromatic heterocycles. The summed E-state index contributed by atoms with van der Waals surface area (Å²) in [7, 11) is 0. The van der Waals surface area contributed by atoms with Crippen LogP contribution in [-0.4, -0.2) is 41.0 Å². The van der Waals surface area contributed by atoms with Crippen LogP contribution in [0.15, 0.2) is 12.7 Å². The van der Waals surface area contributed by atoms with Gasteiger partial charge >= 0.3 is 5.97 Å². The van der Waals surface area contributed by atoms with E-state index in [9.17, 15) is 9.59 Å². The lowest BCUT2D eigenvalue weighted by Gasteiger charge is -2.23. The number of carbonyl (C=O) groups is 2. The molecule has 1 atom stereocenters. The molecular weight excluding hydrogens is 208 g/mol.